The van der Waals surface area contributed by atoms with Crippen LogP contribution in [0, 0.1) is 6.92 Å². The Kier molecular flexibility index (Phi) is 6.42. The van der Waals surface area contributed by atoms with E-state index in [1.165, 1.54) is 0 Å². The summed E-state index contributed by atoms with van der Waals surface area (Å²) in [5, 5.41) is 2.92. The van der Waals surface area contributed by atoms with Gasteiger partial charge in [0.2, 0.25) is 15.9 Å². The van der Waals surface area contributed by atoms with E-state index in [0.717, 1.165) is 34.8 Å². The Morgan fingerprint density at radius 3 is 2.46 bits per heavy atom. The highest BCUT2D eigenvalue weighted by Gasteiger charge is 2.23. The van der Waals surface area contributed by atoms with Crippen LogP contribution in [0.5, 0.6) is 0 Å². The highest BCUT2D eigenvalue weighted by Crippen LogP contribution is 2.19. The van der Waals surface area contributed by atoms with Crippen molar-refractivity contribution >= 4 is 21.6 Å². The third kappa shape index (κ3) is 5.08. The van der Waals surface area contributed by atoms with Gasteiger partial charge in [0.15, 0.2) is 0 Å². The standard InChI is InChI=1S/C18H26N4O3S/c1-5-6-16(18-19-11-12-21(18)3)20-17(23)13-22(26(4,24)25)15-9-7-14(2)8-10-15/h7-12,16H,5-6,13H2,1-4H3,(H,20,23)/t16-/m0/s1. The van der Waals surface area contributed by atoms with Gasteiger partial charge in [-0.3, -0.25) is 9.10 Å². The number of nitrogens with zero attached hydrogens (tertiary/aromatic N) is 3. The summed E-state index contributed by atoms with van der Waals surface area (Å²) >= 11 is 0. The van der Waals surface area contributed by atoms with Crippen molar-refractivity contribution in [3.05, 3.63) is 48.0 Å². The first-order chi connectivity index (χ1) is 12.2. The molecule has 0 aliphatic heterocycles. The number of carbonyl (C=O) groups excluding carboxylic acids is 1. The molecule has 0 radical (unpaired) electrons. The zero-order chi connectivity index (χ0) is 19.3. The molecular formula is C18H26N4O3S. The fourth-order valence-corrected chi connectivity index (χ4v) is 3.61. The average Bonchev–Trinajstić information content (AvgIpc) is 2.98. The second-order valence-corrected chi connectivity index (χ2v) is 8.32. The predicted molar refractivity (Wildman–Crippen MR) is 102 cm³/mol. The van der Waals surface area contributed by atoms with Crippen LogP contribution in [0.1, 0.15) is 37.2 Å². The molecular weight excluding hydrogens is 352 g/mol. The first kappa shape index (κ1) is 20.0. The van der Waals surface area contributed by atoms with Gasteiger partial charge < -0.3 is 9.88 Å². The maximum Gasteiger partial charge on any atom is 0.241 e. The molecule has 1 aromatic carbocycles. The second-order valence-electron chi connectivity index (χ2n) is 6.41. The van der Waals surface area contributed by atoms with Gasteiger partial charge >= 0.3 is 0 Å². The zero-order valence-electron chi connectivity index (χ0n) is 15.6. The molecule has 0 spiro atoms. The number of hydrogen-bond acceptors (Lipinski definition) is 4. The van der Waals surface area contributed by atoms with Crippen LogP contribution >= 0.6 is 0 Å². The Bertz CT molecular complexity index is 844. The number of anilines is 1. The molecule has 0 aliphatic rings. The summed E-state index contributed by atoms with van der Waals surface area (Å²) < 4.78 is 27.3. The maximum absolute atomic E-state index is 12.6. The molecule has 0 saturated carbocycles. The number of aromatic nitrogens is 2. The van der Waals surface area contributed by atoms with E-state index in [2.05, 4.69) is 10.3 Å². The van der Waals surface area contributed by atoms with Crippen molar-refractivity contribution < 1.29 is 13.2 Å². The number of amides is 1. The van der Waals surface area contributed by atoms with Crippen molar-refractivity contribution in [2.24, 2.45) is 7.05 Å². The molecule has 2 aromatic rings. The van der Waals surface area contributed by atoms with E-state index >= 15 is 0 Å². The van der Waals surface area contributed by atoms with Gasteiger partial charge in [0.25, 0.3) is 0 Å². The normalized spacial score (nSPS) is 12.6. The van der Waals surface area contributed by atoms with Crippen molar-refractivity contribution in [3.8, 4) is 0 Å². The van der Waals surface area contributed by atoms with Crippen molar-refractivity contribution in [3.63, 3.8) is 0 Å². The van der Waals surface area contributed by atoms with Crippen molar-refractivity contribution in [2.45, 2.75) is 32.7 Å². The minimum Gasteiger partial charge on any atom is -0.345 e. The van der Waals surface area contributed by atoms with Crippen molar-refractivity contribution in [1.82, 2.24) is 14.9 Å². The Morgan fingerprint density at radius 2 is 1.96 bits per heavy atom. The number of carbonyl (C=O) groups is 1. The minimum atomic E-state index is -3.58. The molecule has 0 aliphatic carbocycles. The van der Waals surface area contributed by atoms with Gasteiger partial charge in [-0.1, -0.05) is 31.0 Å². The molecule has 1 heterocycles. The van der Waals surface area contributed by atoms with Crippen LogP contribution in [-0.4, -0.2) is 36.7 Å². The molecule has 26 heavy (non-hydrogen) atoms. The predicted octanol–water partition coefficient (Wildman–Crippen LogP) is 2.15. The van der Waals surface area contributed by atoms with E-state index < -0.39 is 10.0 Å². The first-order valence-corrected chi connectivity index (χ1v) is 10.4. The minimum absolute atomic E-state index is 0.257. The van der Waals surface area contributed by atoms with Crippen LogP contribution in [0.15, 0.2) is 36.7 Å². The van der Waals surface area contributed by atoms with Gasteiger partial charge in [0, 0.05) is 19.4 Å². The summed E-state index contributed by atoms with van der Waals surface area (Å²) in [6.45, 7) is 3.67. The number of nitrogens with one attached hydrogen (secondary N) is 1. The number of sulfonamides is 1. The zero-order valence-corrected chi connectivity index (χ0v) is 16.5. The Labute approximate surface area is 155 Å². The number of aryl methyl sites for hydroxylation is 2. The van der Waals surface area contributed by atoms with E-state index in [1.54, 1.807) is 18.3 Å². The van der Waals surface area contributed by atoms with Crippen LogP contribution in [0.2, 0.25) is 0 Å². The fourth-order valence-electron chi connectivity index (χ4n) is 2.75. The Morgan fingerprint density at radius 1 is 1.31 bits per heavy atom. The molecule has 0 fully saturated rings. The van der Waals surface area contributed by atoms with Gasteiger partial charge in [-0.15, -0.1) is 0 Å². The molecule has 1 atom stereocenters. The summed E-state index contributed by atoms with van der Waals surface area (Å²) in [6.07, 6.45) is 6.19. The maximum atomic E-state index is 12.6. The van der Waals surface area contributed by atoms with E-state index in [4.69, 9.17) is 0 Å². The number of imidazole rings is 1. The van der Waals surface area contributed by atoms with Crippen LogP contribution in [0.3, 0.4) is 0 Å². The summed E-state index contributed by atoms with van der Waals surface area (Å²) in [7, 11) is -1.72. The fraction of sp³-hybridized carbons (Fsp3) is 0.444. The molecule has 1 amide bonds. The van der Waals surface area contributed by atoms with Gasteiger partial charge in [-0.2, -0.15) is 0 Å². The van der Waals surface area contributed by atoms with Gasteiger partial charge in [0.05, 0.1) is 18.0 Å². The van der Waals surface area contributed by atoms with Crippen LogP contribution in [0.4, 0.5) is 5.69 Å². The summed E-state index contributed by atoms with van der Waals surface area (Å²) in [5.74, 6) is 0.388. The highest BCUT2D eigenvalue weighted by molar-refractivity contribution is 7.92. The Hall–Kier alpha value is -2.35. The summed E-state index contributed by atoms with van der Waals surface area (Å²) in [4.78, 5) is 16.9. The quantitative estimate of drug-likeness (QED) is 0.763. The molecule has 1 aromatic heterocycles. The third-order valence-corrected chi connectivity index (χ3v) is 5.23. The van der Waals surface area contributed by atoms with Gasteiger partial charge in [0.1, 0.15) is 12.4 Å². The topological polar surface area (TPSA) is 84.3 Å². The Balaban J connectivity index is 2.18. The molecule has 8 heteroatoms. The van der Waals surface area contributed by atoms with Crippen LogP contribution < -0.4 is 9.62 Å². The lowest BCUT2D eigenvalue weighted by Crippen LogP contribution is -2.42. The lowest BCUT2D eigenvalue weighted by molar-refractivity contribution is -0.120. The highest BCUT2D eigenvalue weighted by atomic mass is 32.2. The van der Waals surface area contributed by atoms with Crippen LogP contribution in [0.25, 0.3) is 0 Å². The third-order valence-electron chi connectivity index (χ3n) is 4.09. The summed E-state index contributed by atoms with van der Waals surface area (Å²) in [6, 6.07) is 6.78. The SMILES string of the molecule is CCC[C@H](NC(=O)CN(c1ccc(C)cc1)S(C)(=O)=O)c1nccn1C. The smallest absolute Gasteiger partial charge is 0.241 e. The molecule has 0 unspecified atom stereocenters. The number of hydrogen-bond donors (Lipinski definition) is 1. The van der Waals surface area contributed by atoms with E-state index in [9.17, 15) is 13.2 Å². The molecule has 0 saturated heterocycles. The van der Waals surface area contributed by atoms with Crippen molar-refractivity contribution in [1.29, 1.82) is 0 Å². The van der Waals surface area contributed by atoms with Gasteiger partial charge in [-0.05, 0) is 25.5 Å². The van der Waals surface area contributed by atoms with Crippen LogP contribution in [-0.2, 0) is 21.9 Å². The number of benzene rings is 1. The molecule has 142 valence electrons. The second kappa shape index (κ2) is 8.35. The first-order valence-electron chi connectivity index (χ1n) is 8.53. The molecule has 2 rings (SSSR count). The lowest BCUT2D eigenvalue weighted by Gasteiger charge is -2.24. The molecule has 0 bridgehead atoms. The number of rotatable bonds is 8. The average molecular weight is 378 g/mol. The molecule has 7 nitrogen and oxygen atoms in total. The van der Waals surface area contributed by atoms with E-state index in [1.807, 2.05) is 43.8 Å². The molecule has 1 N–H and O–H groups in total. The summed E-state index contributed by atoms with van der Waals surface area (Å²) in [5.41, 5.74) is 1.49. The monoisotopic (exact) mass is 378 g/mol. The van der Waals surface area contributed by atoms with E-state index in [-0.39, 0.29) is 18.5 Å². The van der Waals surface area contributed by atoms with Crippen molar-refractivity contribution in [2.75, 3.05) is 17.1 Å². The van der Waals surface area contributed by atoms with Gasteiger partial charge in [-0.25, -0.2) is 13.4 Å². The lowest BCUT2D eigenvalue weighted by atomic mass is 10.1. The largest absolute Gasteiger partial charge is 0.345 e. The van der Waals surface area contributed by atoms with E-state index in [0.29, 0.717) is 5.69 Å².